The Bertz CT molecular complexity index is 3120. The molecule has 0 aromatic heterocycles. The van der Waals surface area contributed by atoms with Gasteiger partial charge in [0.1, 0.15) is 0 Å². The predicted octanol–water partition coefficient (Wildman–Crippen LogP) is 17.0. The Hall–Kier alpha value is -6.64. The molecule has 0 fully saturated rings. The monoisotopic (exact) mass is 790 g/mol. The number of hydrogen-bond acceptors (Lipinski definition) is 2. The van der Waals surface area contributed by atoms with E-state index in [0.717, 1.165) is 28.4 Å². The van der Waals surface area contributed by atoms with Crippen molar-refractivity contribution in [3.63, 3.8) is 0 Å². The fourth-order valence-electron chi connectivity index (χ4n) is 9.60. The van der Waals surface area contributed by atoms with Gasteiger partial charge < -0.3 is 9.80 Å². The molecule has 10 rings (SSSR count). The van der Waals surface area contributed by atoms with Gasteiger partial charge in [0.25, 0.3) is 0 Å². The lowest BCUT2D eigenvalue weighted by Crippen LogP contribution is -2.18. The summed E-state index contributed by atoms with van der Waals surface area (Å²) in [6, 6.07) is 68.1. The van der Waals surface area contributed by atoms with Crippen LogP contribution in [0.15, 0.2) is 182 Å². The van der Waals surface area contributed by atoms with E-state index in [4.69, 9.17) is 0 Å². The molecule has 9 aromatic carbocycles. The maximum atomic E-state index is 2.50. The molecule has 0 N–H and O–H groups in total. The molecule has 0 atom stereocenters. The van der Waals surface area contributed by atoms with Gasteiger partial charge >= 0.3 is 0 Å². The fraction of sp³-hybridized carbons (Fsp3) is 0.186. The maximum Gasteiger partial charge on any atom is 0.0543 e. The smallest absolute Gasteiger partial charge is 0.0543 e. The average molecular weight is 791 g/mol. The highest BCUT2D eigenvalue weighted by atomic mass is 15.1. The van der Waals surface area contributed by atoms with Gasteiger partial charge in [0.15, 0.2) is 0 Å². The van der Waals surface area contributed by atoms with Gasteiger partial charge in [-0.3, -0.25) is 0 Å². The molecule has 0 bridgehead atoms. The predicted molar refractivity (Wildman–Crippen MR) is 263 cm³/mol. The lowest BCUT2D eigenvalue weighted by molar-refractivity contribution is 0.590. The van der Waals surface area contributed by atoms with Crippen molar-refractivity contribution >= 4 is 66.4 Å². The molecule has 0 unspecified atom stereocenters. The summed E-state index contributed by atoms with van der Waals surface area (Å²) in [7, 11) is 0. The van der Waals surface area contributed by atoms with Crippen molar-refractivity contribution in [3.8, 4) is 11.1 Å². The first-order valence-corrected chi connectivity index (χ1v) is 21.8. The van der Waals surface area contributed by atoms with Crippen LogP contribution in [0.5, 0.6) is 0 Å². The minimum Gasteiger partial charge on any atom is -0.310 e. The maximum absolute atomic E-state index is 2.50. The van der Waals surface area contributed by atoms with Gasteiger partial charge in [-0.15, -0.1) is 0 Å². The molecule has 1 aliphatic carbocycles. The minimum atomic E-state index is -0.282. The summed E-state index contributed by atoms with van der Waals surface area (Å²) in [5, 5.41) is 7.45. The summed E-state index contributed by atoms with van der Waals surface area (Å²) >= 11 is 0. The molecule has 0 radical (unpaired) electrons. The zero-order chi connectivity index (χ0) is 42.3. The normalized spacial score (nSPS) is 13.4. The van der Waals surface area contributed by atoms with E-state index >= 15 is 0 Å². The first-order valence-electron chi connectivity index (χ1n) is 21.8. The van der Waals surface area contributed by atoms with Gasteiger partial charge in [-0.25, -0.2) is 0 Å². The summed E-state index contributed by atoms with van der Waals surface area (Å²) in [6.45, 7) is 18.5. The lowest BCUT2D eigenvalue weighted by Gasteiger charge is -2.31. The third-order valence-electron chi connectivity index (χ3n) is 13.1. The van der Waals surface area contributed by atoms with Crippen LogP contribution in [0.3, 0.4) is 0 Å². The number of hydrogen-bond donors (Lipinski definition) is 0. The Morgan fingerprint density at radius 1 is 0.361 bits per heavy atom. The Morgan fingerprint density at radius 3 is 1.33 bits per heavy atom. The minimum absolute atomic E-state index is 0.0565. The average Bonchev–Trinajstić information content (AvgIpc) is 3.48. The van der Waals surface area contributed by atoms with E-state index in [0.29, 0.717) is 0 Å². The largest absolute Gasteiger partial charge is 0.310 e. The second-order valence-corrected chi connectivity index (χ2v) is 19.5. The van der Waals surface area contributed by atoms with E-state index < -0.39 is 0 Å². The van der Waals surface area contributed by atoms with Gasteiger partial charge in [0.2, 0.25) is 0 Å². The van der Waals surface area contributed by atoms with Gasteiger partial charge in [-0.2, -0.15) is 0 Å². The topological polar surface area (TPSA) is 6.48 Å². The van der Waals surface area contributed by atoms with Crippen LogP contribution in [0.25, 0.3) is 43.4 Å². The van der Waals surface area contributed by atoms with E-state index in [-0.39, 0.29) is 16.2 Å². The lowest BCUT2D eigenvalue weighted by atomic mass is 9.81. The van der Waals surface area contributed by atoms with Crippen molar-refractivity contribution in [2.24, 2.45) is 0 Å². The van der Waals surface area contributed by atoms with Gasteiger partial charge in [0, 0.05) is 39.2 Å². The van der Waals surface area contributed by atoms with Gasteiger partial charge in [0.05, 0.1) is 5.69 Å². The number of fused-ring (bicyclic) bond motifs is 7. The van der Waals surface area contributed by atoms with Crippen molar-refractivity contribution < 1.29 is 0 Å². The summed E-state index contributed by atoms with van der Waals surface area (Å²) in [5.74, 6) is 0. The van der Waals surface area contributed by atoms with Crippen LogP contribution < -0.4 is 9.80 Å². The molecule has 1 aliphatic rings. The van der Waals surface area contributed by atoms with E-state index in [1.165, 1.54) is 71.4 Å². The van der Waals surface area contributed by atoms with Gasteiger partial charge in [-0.1, -0.05) is 171 Å². The summed E-state index contributed by atoms with van der Waals surface area (Å²) < 4.78 is 0. The van der Waals surface area contributed by atoms with Crippen LogP contribution in [0.2, 0.25) is 0 Å². The molecular weight excluding hydrogens is 737 g/mol. The second-order valence-electron chi connectivity index (χ2n) is 19.5. The van der Waals surface area contributed by atoms with Crippen molar-refractivity contribution in [1.29, 1.82) is 0 Å². The molecule has 2 nitrogen and oxygen atoms in total. The highest BCUT2D eigenvalue weighted by Gasteiger charge is 2.38. The second kappa shape index (κ2) is 14.2. The molecular formula is C59H54N2. The highest BCUT2D eigenvalue weighted by molar-refractivity contribution is 6.10. The van der Waals surface area contributed by atoms with Crippen LogP contribution in [-0.4, -0.2) is 0 Å². The van der Waals surface area contributed by atoms with E-state index in [9.17, 15) is 0 Å². The first kappa shape index (κ1) is 38.6. The number of rotatable bonds is 6. The fourth-order valence-corrected chi connectivity index (χ4v) is 9.60. The molecule has 0 saturated carbocycles. The summed E-state index contributed by atoms with van der Waals surface area (Å²) in [6.07, 6.45) is 0. The Balaban J connectivity index is 1.16. The Kier molecular flexibility index (Phi) is 9.00. The standard InChI is InChI=1S/C59H54N2/c1-57(2,3)43-23-29-45(30-24-43)60(47-27-21-39-15-9-11-17-41(39)35-47)49-33-34-52-53(37-49)59(7,8)54-38-55(50-19-13-14-20-51(50)56(52)54)61(46-31-25-44(26-32-46)58(4,5)6)48-28-22-40-16-10-12-18-42(40)36-48/h9-38H,1-8H3. The van der Waals surface area contributed by atoms with Crippen molar-refractivity contribution in [2.75, 3.05) is 9.80 Å². The summed E-state index contributed by atoms with van der Waals surface area (Å²) in [5.41, 5.74) is 14.7. The molecule has 300 valence electrons. The van der Waals surface area contributed by atoms with E-state index in [1.807, 2.05) is 0 Å². The molecule has 61 heavy (non-hydrogen) atoms. The SMILES string of the molecule is CC(C)(C)c1ccc(N(c2ccc3c(c2)C(C)(C)c2cc(N(c4ccc(C(C)(C)C)cc4)c4ccc5ccccc5c4)c4ccccc4c2-3)c2ccc3ccccc3c2)cc1. The highest BCUT2D eigenvalue weighted by Crippen LogP contribution is 2.56. The van der Waals surface area contributed by atoms with Crippen molar-refractivity contribution in [1.82, 2.24) is 0 Å². The zero-order valence-electron chi connectivity index (χ0n) is 36.7. The quantitative estimate of drug-likeness (QED) is 0.166. The van der Waals surface area contributed by atoms with Gasteiger partial charge in [-0.05, 0) is 138 Å². The Morgan fingerprint density at radius 2 is 0.787 bits per heavy atom. The van der Waals surface area contributed by atoms with Crippen LogP contribution >= 0.6 is 0 Å². The first-order chi connectivity index (χ1) is 29.3. The van der Waals surface area contributed by atoms with Crippen LogP contribution in [0.1, 0.15) is 77.6 Å². The van der Waals surface area contributed by atoms with Crippen molar-refractivity contribution in [3.05, 3.63) is 204 Å². The molecule has 0 amide bonds. The molecule has 2 heteroatoms. The van der Waals surface area contributed by atoms with Crippen LogP contribution in [0, 0.1) is 0 Å². The molecule has 0 saturated heterocycles. The van der Waals surface area contributed by atoms with E-state index in [2.05, 4.69) is 247 Å². The summed E-state index contributed by atoms with van der Waals surface area (Å²) in [4.78, 5) is 4.92. The van der Waals surface area contributed by atoms with Crippen LogP contribution in [0.4, 0.5) is 34.1 Å². The van der Waals surface area contributed by atoms with Crippen molar-refractivity contribution in [2.45, 2.75) is 71.6 Å². The Labute approximate surface area is 361 Å². The number of nitrogens with zero attached hydrogens (tertiary/aromatic N) is 2. The molecule has 9 aromatic rings. The molecule has 0 heterocycles. The number of benzene rings is 9. The third kappa shape index (κ3) is 6.66. The molecule has 0 aliphatic heterocycles. The molecule has 0 spiro atoms. The zero-order valence-corrected chi connectivity index (χ0v) is 36.7. The van der Waals surface area contributed by atoms with Crippen LogP contribution in [-0.2, 0) is 16.2 Å². The third-order valence-corrected chi connectivity index (χ3v) is 13.1. The number of anilines is 6. The van der Waals surface area contributed by atoms with E-state index in [1.54, 1.807) is 0 Å².